The van der Waals surface area contributed by atoms with Crippen molar-refractivity contribution in [3.8, 4) is 5.75 Å². The van der Waals surface area contributed by atoms with Gasteiger partial charge in [0.05, 0.1) is 7.11 Å². The van der Waals surface area contributed by atoms with Crippen LogP contribution in [0.5, 0.6) is 5.75 Å². The number of benzene rings is 1. The van der Waals surface area contributed by atoms with E-state index in [4.69, 9.17) is 4.74 Å². The number of nitrogens with one attached hydrogen (secondary N) is 2. The Hall–Kier alpha value is -1.15. The molecule has 0 saturated carbocycles. The first-order chi connectivity index (χ1) is 9.99. The standard InChI is InChI=1S/C14H25N3O3S/c1-4-15-9-6-10-16-21(18,19)17(2)12-13-7-5-8-14(11-13)20-3/h5,7-8,11,15-16H,4,6,9-10,12H2,1-3H3. The smallest absolute Gasteiger partial charge is 0.279 e. The van der Waals surface area contributed by atoms with Crippen molar-refractivity contribution in [1.82, 2.24) is 14.3 Å². The molecule has 0 atom stereocenters. The molecule has 0 radical (unpaired) electrons. The molecule has 0 saturated heterocycles. The van der Waals surface area contributed by atoms with Crippen LogP contribution in [0.15, 0.2) is 24.3 Å². The van der Waals surface area contributed by atoms with Gasteiger partial charge in [-0.1, -0.05) is 19.1 Å². The monoisotopic (exact) mass is 315 g/mol. The summed E-state index contributed by atoms with van der Waals surface area (Å²) in [6.07, 6.45) is 0.764. The average molecular weight is 315 g/mol. The number of rotatable bonds is 10. The van der Waals surface area contributed by atoms with Crippen molar-refractivity contribution in [2.24, 2.45) is 0 Å². The molecular weight excluding hydrogens is 290 g/mol. The Morgan fingerprint density at radius 3 is 2.71 bits per heavy atom. The molecule has 2 N–H and O–H groups in total. The van der Waals surface area contributed by atoms with Crippen molar-refractivity contribution in [3.05, 3.63) is 29.8 Å². The molecule has 0 unspecified atom stereocenters. The van der Waals surface area contributed by atoms with Crippen LogP contribution < -0.4 is 14.8 Å². The maximum atomic E-state index is 12.1. The molecule has 0 heterocycles. The normalized spacial score (nSPS) is 11.8. The highest BCUT2D eigenvalue weighted by atomic mass is 32.2. The van der Waals surface area contributed by atoms with E-state index >= 15 is 0 Å². The van der Waals surface area contributed by atoms with Crippen molar-refractivity contribution >= 4 is 10.2 Å². The molecule has 1 aromatic carbocycles. The van der Waals surface area contributed by atoms with Crippen molar-refractivity contribution in [3.63, 3.8) is 0 Å². The molecule has 0 aromatic heterocycles. The second-order valence-corrected chi connectivity index (χ2v) is 6.58. The summed E-state index contributed by atoms with van der Waals surface area (Å²) in [5.41, 5.74) is 0.884. The number of nitrogens with zero attached hydrogens (tertiary/aromatic N) is 1. The van der Waals surface area contributed by atoms with Gasteiger partial charge >= 0.3 is 0 Å². The largest absolute Gasteiger partial charge is 0.497 e. The minimum Gasteiger partial charge on any atom is -0.497 e. The number of ether oxygens (including phenoxy) is 1. The molecule has 21 heavy (non-hydrogen) atoms. The molecule has 0 amide bonds. The summed E-state index contributed by atoms with van der Waals surface area (Å²) in [5.74, 6) is 0.719. The third kappa shape index (κ3) is 6.43. The molecule has 7 heteroatoms. The number of methoxy groups -OCH3 is 1. The summed E-state index contributed by atoms with van der Waals surface area (Å²) >= 11 is 0. The Morgan fingerprint density at radius 1 is 1.29 bits per heavy atom. The fourth-order valence-electron chi connectivity index (χ4n) is 1.81. The first-order valence-electron chi connectivity index (χ1n) is 7.04. The van der Waals surface area contributed by atoms with Gasteiger partial charge in [-0.25, -0.2) is 4.72 Å². The fraction of sp³-hybridized carbons (Fsp3) is 0.571. The number of hydrogen-bond donors (Lipinski definition) is 2. The van der Waals surface area contributed by atoms with Crippen LogP contribution in [0.3, 0.4) is 0 Å². The first-order valence-corrected chi connectivity index (χ1v) is 8.48. The summed E-state index contributed by atoms with van der Waals surface area (Å²) in [6, 6.07) is 7.38. The van der Waals surface area contributed by atoms with Gasteiger partial charge in [0.15, 0.2) is 0 Å². The quantitative estimate of drug-likeness (QED) is 0.631. The maximum Gasteiger partial charge on any atom is 0.279 e. The van der Waals surface area contributed by atoms with Gasteiger partial charge < -0.3 is 10.1 Å². The van der Waals surface area contributed by atoms with Gasteiger partial charge in [0.2, 0.25) is 0 Å². The van der Waals surface area contributed by atoms with Crippen LogP contribution in [0.25, 0.3) is 0 Å². The van der Waals surface area contributed by atoms with Crippen molar-refractivity contribution in [1.29, 1.82) is 0 Å². The van der Waals surface area contributed by atoms with E-state index in [0.29, 0.717) is 13.1 Å². The minimum absolute atomic E-state index is 0.305. The van der Waals surface area contributed by atoms with Gasteiger partial charge in [0, 0.05) is 20.1 Å². The highest BCUT2D eigenvalue weighted by molar-refractivity contribution is 7.87. The van der Waals surface area contributed by atoms with Gasteiger partial charge in [-0.2, -0.15) is 12.7 Å². The highest BCUT2D eigenvalue weighted by Crippen LogP contribution is 2.14. The van der Waals surface area contributed by atoms with Crippen LogP contribution in [0.1, 0.15) is 18.9 Å². The first kappa shape index (κ1) is 17.9. The van der Waals surface area contributed by atoms with E-state index in [0.717, 1.165) is 30.8 Å². The van der Waals surface area contributed by atoms with Crippen LogP contribution in [0.4, 0.5) is 0 Å². The van der Waals surface area contributed by atoms with Crippen LogP contribution in [-0.4, -0.2) is 46.5 Å². The van der Waals surface area contributed by atoms with Gasteiger partial charge in [-0.05, 0) is 37.2 Å². The molecular formula is C14H25N3O3S. The van der Waals surface area contributed by atoms with E-state index in [1.165, 1.54) is 4.31 Å². The molecule has 0 aliphatic carbocycles. The summed E-state index contributed by atoms with van der Waals surface area (Å²) < 4.78 is 33.2. The van der Waals surface area contributed by atoms with Gasteiger partial charge in [-0.3, -0.25) is 0 Å². The summed E-state index contributed by atoms with van der Waals surface area (Å²) in [6.45, 7) is 4.45. The van der Waals surface area contributed by atoms with Crippen LogP contribution in [0.2, 0.25) is 0 Å². The molecule has 1 rings (SSSR count). The second kappa shape index (κ2) is 8.99. The van der Waals surface area contributed by atoms with Gasteiger partial charge in [-0.15, -0.1) is 0 Å². The predicted octanol–water partition coefficient (Wildman–Crippen LogP) is 0.961. The third-order valence-corrected chi connectivity index (χ3v) is 4.53. The molecule has 0 fully saturated rings. The van der Waals surface area contributed by atoms with Crippen LogP contribution in [-0.2, 0) is 16.8 Å². The lowest BCUT2D eigenvalue weighted by Gasteiger charge is -2.18. The third-order valence-electron chi connectivity index (χ3n) is 3.01. The van der Waals surface area contributed by atoms with Crippen molar-refractivity contribution in [2.45, 2.75) is 19.9 Å². The Balaban J connectivity index is 2.50. The lowest BCUT2D eigenvalue weighted by molar-refractivity contribution is 0.412. The van der Waals surface area contributed by atoms with E-state index < -0.39 is 10.2 Å². The van der Waals surface area contributed by atoms with E-state index in [9.17, 15) is 8.42 Å². The second-order valence-electron chi connectivity index (χ2n) is 4.71. The summed E-state index contributed by atoms with van der Waals surface area (Å²) in [4.78, 5) is 0. The van der Waals surface area contributed by atoms with Crippen molar-refractivity contribution < 1.29 is 13.2 Å². The summed E-state index contributed by atoms with van der Waals surface area (Å²) in [7, 11) is -0.300. The topological polar surface area (TPSA) is 70.7 Å². The molecule has 6 nitrogen and oxygen atoms in total. The average Bonchev–Trinajstić information content (AvgIpc) is 2.47. The predicted molar refractivity (Wildman–Crippen MR) is 84.5 cm³/mol. The number of hydrogen-bond acceptors (Lipinski definition) is 4. The Labute approximate surface area is 127 Å². The molecule has 120 valence electrons. The molecule has 0 aliphatic heterocycles. The lowest BCUT2D eigenvalue weighted by atomic mass is 10.2. The molecule has 0 aliphatic rings. The van der Waals surface area contributed by atoms with Crippen molar-refractivity contribution in [2.75, 3.05) is 33.8 Å². The molecule has 0 spiro atoms. The maximum absolute atomic E-state index is 12.1. The van der Waals surface area contributed by atoms with E-state index in [1.807, 2.05) is 31.2 Å². The zero-order valence-corrected chi connectivity index (χ0v) is 13.7. The van der Waals surface area contributed by atoms with E-state index in [-0.39, 0.29) is 0 Å². The zero-order valence-electron chi connectivity index (χ0n) is 12.9. The van der Waals surface area contributed by atoms with E-state index in [1.54, 1.807) is 14.2 Å². The zero-order chi connectivity index (χ0) is 15.7. The van der Waals surface area contributed by atoms with E-state index in [2.05, 4.69) is 10.0 Å². The van der Waals surface area contributed by atoms with Gasteiger partial charge in [0.1, 0.15) is 5.75 Å². The van der Waals surface area contributed by atoms with Crippen LogP contribution in [0, 0.1) is 0 Å². The Kier molecular flexibility index (Phi) is 7.66. The minimum atomic E-state index is -3.45. The Bertz CT molecular complexity index is 520. The SMILES string of the molecule is CCNCCCNS(=O)(=O)N(C)Cc1cccc(OC)c1. The molecule has 0 bridgehead atoms. The highest BCUT2D eigenvalue weighted by Gasteiger charge is 2.17. The fourth-order valence-corrected chi connectivity index (χ4v) is 2.76. The molecule has 1 aromatic rings. The summed E-state index contributed by atoms with van der Waals surface area (Å²) in [5, 5.41) is 3.15. The Morgan fingerprint density at radius 2 is 2.05 bits per heavy atom. The van der Waals surface area contributed by atoms with Crippen LogP contribution >= 0.6 is 0 Å². The lowest BCUT2D eigenvalue weighted by Crippen LogP contribution is -2.38. The van der Waals surface area contributed by atoms with Gasteiger partial charge in [0.25, 0.3) is 10.2 Å².